The van der Waals surface area contributed by atoms with Crippen molar-refractivity contribution in [3.8, 4) is 5.75 Å². The van der Waals surface area contributed by atoms with Gasteiger partial charge in [0.15, 0.2) is 0 Å². The summed E-state index contributed by atoms with van der Waals surface area (Å²) in [5, 5.41) is 0.882. The second-order valence-electron chi connectivity index (χ2n) is 2.75. The number of anilines is 1. The Kier molecular flexibility index (Phi) is 5.19. The van der Waals surface area contributed by atoms with Crippen LogP contribution in [-0.2, 0) is 0 Å². The summed E-state index contributed by atoms with van der Waals surface area (Å²) in [6.07, 6.45) is 1.69. The van der Waals surface area contributed by atoms with Crippen molar-refractivity contribution in [1.82, 2.24) is 4.98 Å². The second kappa shape index (κ2) is 5.63. The average Bonchev–Trinajstić information content (AvgIpc) is 2.17. The monoisotopic (exact) mass is 246 g/mol. The Hall–Kier alpha value is -1.19. The van der Waals surface area contributed by atoms with E-state index in [0.29, 0.717) is 5.69 Å². The van der Waals surface area contributed by atoms with Crippen LogP contribution in [0.3, 0.4) is 0 Å². The number of ether oxygens (including phenoxy) is 1. The second-order valence-corrected chi connectivity index (χ2v) is 2.75. The lowest BCUT2D eigenvalue weighted by atomic mass is 10.2. The average molecular weight is 247 g/mol. The fourth-order valence-corrected chi connectivity index (χ4v) is 1.37. The normalized spacial score (nSPS) is 8.87. The summed E-state index contributed by atoms with van der Waals surface area (Å²) >= 11 is 0. The zero-order valence-electron chi connectivity index (χ0n) is 8.14. The van der Waals surface area contributed by atoms with E-state index >= 15 is 0 Å². The molecule has 5 heteroatoms. The van der Waals surface area contributed by atoms with Crippen LogP contribution < -0.4 is 10.5 Å². The van der Waals surface area contributed by atoms with Crippen LogP contribution >= 0.6 is 24.8 Å². The molecular formula is C10H12Cl2N2O. The molecule has 2 rings (SSSR count). The van der Waals surface area contributed by atoms with E-state index < -0.39 is 0 Å². The first-order valence-electron chi connectivity index (χ1n) is 4.00. The highest BCUT2D eigenvalue weighted by Gasteiger charge is 2.03. The summed E-state index contributed by atoms with van der Waals surface area (Å²) in [7, 11) is 1.63. The van der Waals surface area contributed by atoms with Crippen LogP contribution in [0.1, 0.15) is 0 Å². The van der Waals surface area contributed by atoms with Gasteiger partial charge >= 0.3 is 0 Å². The molecule has 2 aromatic rings. The van der Waals surface area contributed by atoms with Crippen LogP contribution in [0, 0.1) is 0 Å². The van der Waals surface area contributed by atoms with Crippen molar-refractivity contribution < 1.29 is 4.74 Å². The smallest absolute Gasteiger partial charge is 0.130 e. The fourth-order valence-electron chi connectivity index (χ4n) is 1.37. The lowest BCUT2D eigenvalue weighted by Gasteiger charge is -2.06. The van der Waals surface area contributed by atoms with Gasteiger partial charge in [0, 0.05) is 11.9 Å². The Balaban J connectivity index is 0.000000980. The first kappa shape index (κ1) is 13.8. The number of nitrogen functional groups attached to an aromatic ring is 1. The fraction of sp³-hybridized carbons (Fsp3) is 0.100. The number of hydrogen-bond acceptors (Lipinski definition) is 3. The van der Waals surface area contributed by atoms with E-state index in [-0.39, 0.29) is 24.8 Å². The van der Waals surface area contributed by atoms with Gasteiger partial charge in [0.25, 0.3) is 0 Å². The Morgan fingerprint density at radius 3 is 2.60 bits per heavy atom. The van der Waals surface area contributed by atoms with Gasteiger partial charge in [-0.2, -0.15) is 0 Å². The predicted octanol–water partition coefficient (Wildman–Crippen LogP) is 2.67. The molecule has 0 bridgehead atoms. The van der Waals surface area contributed by atoms with Gasteiger partial charge in [0.05, 0.1) is 18.0 Å². The summed E-state index contributed by atoms with van der Waals surface area (Å²) in [4.78, 5) is 4.19. The number of rotatable bonds is 1. The summed E-state index contributed by atoms with van der Waals surface area (Å²) in [6.45, 7) is 0. The summed E-state index contributed by atoms with van der Waals surface area (Å²) in [6, 6.07) is 7.45. The Labute approximate surface area is 100 Å². The molecule has 3 nitrogen and oxygen atoms in total. The SMILES string of the molecule is COc1cccc2nccc(N)c12.Cl.Cl. The van der Waals surface area contributed by atoms with Gasteiger partial charge in [-0.15, -0.1) is 24.8 Å². The number of fused-ring (bicyclic) bond motifs is 1. The molecular weight excluding hydrogens is 235 g/mol. The molecule has 0 aliphatic rings. The van der Waals surface area contributed by atoms with Gasteiger partial charge < -0.3 is 10.5 Å². The lowest BCUT2D eigenvalue weighted by molar-refractivity contribution is 0.420. The largest absolute Gasteiger partial charge is 0.496 e. The highest BCUT2D eigenvalue weighted by Crippen LogP contribution is 2.28. The van der Waals surface area contributed by atoms with Crippen molar-refractivity contribution in [3.63, 3.8) is 0 Å². The summed E-state index contributed by atoms with van der Waals surface area (Å²) in [5.74, 6) is 0.767. The van der Waals surface area contributed by atoms with Crippen LogP contribution in [0.5, 0.6) is 5.75 Å². The zero-order valence-corrected chi connectivity index (χ0v) is 9.77. The quantitative estimate of drug-likeness (QED) is 0.842. The van der Waals surface area contributed by atoms with Crippen LogP contribution in [0.4, 0.5) is 5.69 Å². The Morgan fingerprint density at radius 2 is 1.93 bits per heavy atom. The van der Waals surface area contributed by atoms with Crippen LogP contribution in [0.15, 0.2) is 30.5 Å². The molecule has 0 spiro atoms. The zero-order chi connectivity index (χ0) is 9.26. The van der Waals surface area contributed by atoms with E-state index in [1.54, 1.807) is 19.4 Å². The van der Waals surface area contributed by atoms with E-state index in [4.69, 9.17) is 10.5 Å². The van der Waals surface area contributed by atoms with Gasteiger partial charge in [-0.3, -0.25) is 4.98 Å². The van der Waals surface area contributed by atoms with Crippen molar-refractivity contribution >= 4 is 41.4 Å². The first-order valence-corrected chi connectivity index (χ1v) is 4.00. The molecule has 1 aromatic carbocycles. The van der Waals surface area contributed by atoms with Crippen LogP contribution in [-0.4, -0.2) is 12.1 Å². The maximum absolute atomic E-state index is 5.81. The van der Waals surface area contributed by atoms with Crippen molar-refractivity contribution in [1.29, 1.82) is 0 Å². The molecule has 0 saturated heterocycles. The van der Waals surface area contributed by atoms with Crippen molar-refractivity contribution in [3.05, 3.63) is 30.5 Å². The molecule has 1 heterocycles. The number of methoxy groups -OCH3 is 1. The van der Waals surface area contributed by atoms with Crippen molar-refractivity contribution in [2.45, 2.75) is 0 Å². The molecule has 15 heavy (non-hydrogen) atoms. The number of aromatic nitrogens is 1. The van der Waals surface area contributed by atoms with E-state index in [2.05, 4.69) is 4.98 Å². The third kappa shape index (κ3) is 2.43. The molecule has 0 aliphatic heterocycles. The molecule has 2 N–H and O–H groups in total. The molecule has 0 unspecified atom stereocenters. The maximum atomic E-state index is 5.81. The molecule has 0 aliphatic carbocycles. The number of nitrogens with two attached hydrogens (primary N) is 1. The molecule has 0 amide bonds. The van der Waals surface area contributed by atoms with Crippen LogP contribution in [0.2, 0.25) is 0 Å². The van der Waals surface area contributed by atoms with Gasteiger partial charge in [0.2, 0.25) is 0 Å². The number of hydrogen-bond donors (Lipinski definition) is 1. The maximum Gasteiger partial charge on any atom is 0.130 e. The van der Waals surface area contributed by atoms with Crippen LogP contribution in [0.25, 0.3) is 10.9 Å². The highest BCUT2D eigenvalue weighted by molar-refractivity contribution is 5.95. The van der Waals surface area contributed by atoms with E-state index in [1.807, 2.05) is 18.2 Å². The van der Waals surface area contributed by atoms with Gasteiger partial charge in [-0.25, -0.2) is 0 Å². The molecule has 0 saturated carbocycles. The summed E-state index contributed by atoms with van der Waals surface area (Å²) < 4.78 is 5.19. The van der Waals surface area contributed by atoms with Gasteiger partial charge in [-0.1, -0.05) is 6.07 Å². The summed E-state index contributed by atoms with van der Waals surface area (Å²) in [5.41, 5.74) is 7.37. The number of halogens is 2. The van der Waals surface area contributed by atoms with E-state index in [1.165, 1.54) is 0 Å². The lowest BCUT2D eigenvalue weighted by Crippen LogP contribution is -1.92. The molecule has 0 radical (unpaired) electrons. The van der Waals surface area contributed by atoms with E-state index in [0.717, 1.165) is 16.7 Å². The first-order chi connectivity index (χ1) is 6.33. The van der Waals surface area contributed by atoms with Crippen molar-refractivity contribution in [2.75, 3.05) is 12.8 Å². The number of nitrogens with zero attached hydrogens (tertiary/aromatic N) is 1. The molecule has 0 atom stereocenters. The molecule has 1 aromatic heterocycles. The number of pyridine rings is 1. The standard InChI is InChI=1S/C10H10N2O.2ClH/c1-13-9-4-2-3-8-10(9)7(11)5-6-12-8;;/h2-6H,1H3,(H2,11,12);2*1H. The Bertz CT molecular complexity index is 443. The predicted molar refractivity (Wildman–Crippen MR) is 67.2 cm³/mol. The minimum Gasteiger partial charge on any atom is -0.496 e. The molecule has 82 valence electrons. The van der Waals surface area contributed by atoms with E-state index in [9.17, 15) is 0 Å². The minimum absolute atomic E-state index is 0. The number of benzene rings is 1. The minimum atomic E-state index is 0. The van der Waals surface area contributed by atoms with Gasteiger partial charge in [-0.05, 0) is 18.2 Å². The topological polar surface area (TPSA) is 48.1 Å². The van der Waals surface area contributed by atoms with Gasteiger partial charge in [0.1, 0.15) is 5.75 Å². The molecule has 0 fully saturated rings. The highest BCUT2D eigenvalue weighted by atomic mass is 35.5. The third-order valence-electron chi connectivity index (χ3n) is 1.98. The van der Waals surface area contributed by atoms with Crippen molar-refractivity contribution in [2.24, 2.45) is 0 Å². The third-order valence-corrected chi connectivity index (χ3v) is 1.98. The Morgan fingerprint density at radius 1 is 1.20 bits per heavy atom.